The molecule has 2 amide bonds. The number of carbonyl (C=O) groups excluding carboxylic acids is 1. The maximum absolute atomic E-state index is 12.0. The summed E-state index contributed by atoms with van der Waals surface area (Å²) in [5, 5.41) is 27.9. The van der Waals surface area contributed by atoms with E-state index in [9.17, 15) is 9.90 Å². The summed E-state index contributed by atoms with van der Waals surface area (Å²) >= 11 is 1.52. The zero-order valence-corrected chi connectivity index (χ0v) is 22.3. The van der Waals surface area contributed by atoms with E-state index in [0.717, 1.165) is 22.4 Å². The minimum atomic E-state index is -0.645. The molecule has 3 aromatic carbocycles. The molecule has 0 bridgehead atoms. The van der Waals surface area contributed by atoms with E-state index in [0.29, 0.717) is 29.6 Å². The predicted octanol–water partition coefficient (Wildman–Crippen LogP) is 4.63. The van der Waals surface area contributed by atoms with Crippen molar-refractivity contribution in [2.24, 2.45) is 0 Å². The lowest BCUT2D eigenvalue weighted by molar-refractivity contribution is -0.245. The van der Waals surface area contributed by atoms with Crippen molar-refractivity contribution in [3.63, 3.8) is 0 Å². The lowest BCUT2D eigenvalue weighted by Gasteiger charge is -2.36. The first-order valence-corrected chi connectivity index (χ1v) is 13.7. The Labute approximate surface area is 230 Å². The molecule has 1 aromatic heterocycles. The van der Waals surface area contributed by atoms with E-state index in [1.165, 1.54) is 11.8 Å². The molecular formula is C28H30N6O4S. The third-order valence-corrected chi connectivity index (χ3v) is 7.26. The molecule has 1 aliphatic rings. The zero-order chi connectivity index (χ0) is 27.0. The van der Waals surface area contributed by atoms with Gasteiger partial charge >= 0.3 is 6.03 Å². The van der Waals surface area contributed by atoms with Gasteiger partial charge in [-0.2, -0.15) is 4.68 Å². The number of anilines is 1. The molecule has 1 saturated heterocycles. The molecule has 0 unspecified atom stereocenters. The highest BCUT2D eigenvalue weighted by atomic mass is 32.2. The molecule has 5 rings (SSSR count). The average Bonchev–Trinajstić information content (AvgIpc) is 3.45. The smallest absolute Gasteiger partial charge is 0.319 e. The van der Waals surface area contributed by atoms with Gasteiger partial charge < -0.3 is 25.2 Å². The van der Waals surface area contributed by atoms with Gasteiger partial charge in [0.25, 0.3) is 0 Å². The highest BCUT2D eigenvalue weighted by molar-refractivity contribution is 7.99. The fourth-order valence-corrected chi connectivity index (χ4v) is 5.20. The fourth-order valence-electron chi connectivity index (χ4n) is 4.29. The number of para-hydroxylation sites is 1. The van der Waals surface area contributed by atoms with Crippen LogP contribution in [0.25, 0.3) is 5.69 Å². The second kappa shape index (κ2) is 12.9. The van der Waals surface area contributed by atoms with E-state index >= 15 is 0 Å². The summed E-state index contributed by atoms with van der Waals surface area (Å²) < 4.78 is 14.6. The molecule has 3 atom stereocenters. The van der Waals surface area contributed by atoms with Crippen molar-refractivity contribution in [3.8, 4) is 5.69 Å². The number of tetrazole rings is 1. The van der Waals surface area contributed by atoms with Crippen molar-refractivity contribution in [2.75, 3.05) is 17.6 Å². The van der Waals surface area contributed by atoms with Crippen LogP contribution in [0.3, 0.4) is 0 Å². The lowest BCUT2D eigenvalue weighted by atomic mass is 10.0. The standard InChI is InChI=1S/C28H30N6O4S/c1-2-29-27(36)30-22-8-6-7-21(15-22)26-37-24(16-25(38-26)20-13-11-19(17-35)12-14-20)18-39-28-31-32-33-34(28)23-9-4-3-5-10-23/h3-15,24-26,35H,2,16-18H2,1H3,(H2,29,30,36)/t24-,25+,26+/m1/s1. The number of hydrogen-bond acceptors (Lipinski definition) is 8. The zero-order valence-electron chi connectivity index (χ0n) is 21.4. The Balaban J connectivity index is 1.35. The summed E-state index contributed by atoms with van der Waals surface area (Å²) in [5.74, 6) is 0.606. The number of nitrogens with zero attached hydrogens (tertiary/aromatic N) is 4. The minimum Gasteiger partial charge on any atom is -0.392 e. The van der Waals surface area contributed by atoms with E-state index < -0.39 is 6.29 Å². The number of urea groups is 1. The normalized spacial score (nSPS) is 19.0. The highest BCUT2D eigenvalue weighted by Gasteiger charge is 2.33. The Morgan fingerprint density at radius 2 is 1.87 bits per heavy atom. The van der Waals surface area contributed by atoms with Crippen LogP contribution < -0.4 is 10.6 Å². The van der Waals surface area contributed by atoms with Gasteiger partial charge in [-0.1, -0.05) is 66.4 Å². The summed E-state index contributed by atoms with van der Waals surface area (Å²) in [4.78, 5) is 12.0. The van der Waals surface area contributed by atoms with Crippen molar-refractivity contribution in [1.82, 2.24) is 25.5 Å². The van der Waals surface area contributed by atoms with Crippen LogP contribution >= 0.6 is 11.8 Å². The van der Waals surface area contributed by atoms with E-state index in [1.807, 2.05) is 85.8 Å². The maximum Gasteiger partial charge on any atom is 0.319 e. The number of aliphatic hydroxyl groups excluding tert-OH is 1. The molecule has 3 N–H and O–H groups in total. The van der Waals surface area contributed by atoms with E-state index in [-0.39, 0.29) is 24.8 Å². The number of ether oxygens (including phenoxy) is 2. The summed E-state index contributed by atoms with van der Waals surface area (Å²) in [6.45, 7) is 2.38. The number of hydrogen-bond donors (Lipinski definition) is 3. The van der Waals surface area contributed by atoms with Crippen LogP contribution in [0.1, 0.15) is 42.4 Å². The summed E-state index contributed by atoms with van der Waals surface area (Å²) in [6.07, 6.45) is -0.413. The van der Waals surface area contributed by atoms with Gasteiger partial charge in [0.2, 0.25) is 5.16 Å². The molecule has 202 valence electrons. The molecule has 0 saturated carbocycles. The third kappa shape index (κ3) is 6.82. The van der Waals surface area contributed by atoms with Crippen LogP contribution in [0.2, 0.25) is 0 Å². The molecule has 10 nitrogen and oxygen atoms in total. The molecule has 1 aliphatic heterocycles. The van der Waals surface area contributed by atoms with Gasteiger partial charge in [0.05, 0.1) is 24.5 Å². The van der Waals surface area contributed by atoms with Gasteiger partial charge in [0.15, 0.2) is 6.29 Å². The van der Waals surface area contributed by atoms with Gasteiger partial charge in [-0.3, -0.25) is 0 Å². The van der Waals surface area contributed by atoms with E-state index in [4.69, 9.17) is 9.47 Å². The highest BCUT2D eigenvalue weighted by Crippen LogP contribution is 2.39. The fraction of sp³-hybridized carbons (Fsp3) is 0.286. The first-order chi connectivity index (χ1) is 19.1. The van der Waals surface area contributed by atoms with Crippen LogP contribution in [-0.4, -0.2) is 49.7 Å². The molecule has 39 heavy (non-hydrogen) atoms. The van der Waals surface area contributed by atoms with Crippen molar-refractivity contribution >= 4 is 23.5 Å². The topological polar surface area (TPSA) is 123 Å². The first-order valence-electron chi connectivity index (χ1n) is 12.7. The minimum absolute atomic E-state index is 0.0155. The summed E-state index contributed by atoms with van der Waals surface area (Å²) in [6, 6.07) is 24.7. The molecule has 2 heterocycles. The Kier molecular flexibility index (Phi) is 8.84. The second-order valence-electron chi connectivity index (χ2n) is 8.98. The Hall–Kier alpha value is -3.77. The van der Waals surface area contributed by atoms with Crippen molar-refractivity contribution < 1.29 is 19.4 Å². The van der Waals surface area contributed by atoms with Gasteiger partial charge in [-0.15, -0.1) is 5.10 Å². The number of thioether (sulfide) groups is 1. The van der Waals surface area contributed by atoms with Gasteiger partial charge in [0, 0.05) is 30.0 Å². The molecule has 0 spiro atoms. The number of aromatic nitrogens is 4. The monoisotopic (exact) mass is 546 g/mol. The largest absolute Gasteiger partial charge is 0.392 e. The van der Waals surface area contributed by atoms with Crippen LogP contribution in [0, 0.1) is 0 Å². The van der Waals surface area contributed by atoms with Crippen molar-refractivity contribution in [3.05, 3.63) is 95.6 Å². The molecular weight excluding hydrogens is 516 g/mol. The van der Waals surface area contributed by atoms with Crippen LogP contribution in [-0.2, 0) is 16.1 Å². The first kappa shape index (κ1) is 26.8. The van der Waals surface area contributed by atoms with Crippen LogP contribution in [0.5, 0.6) is 0 Å². The summed E-state index contributed by atoms with van der Waals surface area (Å²) in [7, 11) is 0. The molecule has 0 radical (unpaired) electrons. The Bertz CT molecular complexity index is 1370. The van der Waals surface area contributed by atoms with Crippen LogP contribution in [0.4, 0.5) is 10.5 Å². The van der Waals surface area contributed by atoms with Gasteiger partial charge in [-0.05, 0) is 52.7 Å². The Morgan fingerprint density at radius 1 is 1.05 bits per heavy atom. The molecule has 1 fully saturated rings. The van der Waals surface area contributed by atoms with Crippen molar-refractivity contribution in [1.29, 1.82) is 0 Å². The lowest BCUT2D eigenvalue weighted by Crippen LogP contribution is -2.31. The average molecular weight is 547 g/mol. The molecule has 4 aromatic rings. The van der Waals surface area contributed by atoms with Gasteiger partial charge in [-0.25, -0.2) is 4.79 Å². The number of carbonyl (C=O) groups is 1. The van der Waals surface area contributed by atoms with E-state index in [2.05, 4.69) is 26.2 Å². The number of aliphatic hydroxyl groups is 1. The van der Waals surface area contributed by atoms with E-state index in [1.54, 1.807) is 4.68 Å². The number of rotatable bonds is 9. The Morgan fingerprint density at radius 3 is 2.64 bits per heavy atom. The quantitative estimate of drug-likeness (QED) is 0.260. The number of benzene rings is 3. The molecule has 11 heteroatoms. The predicted molar refractivity (Wildman–Crippen MR) is 147 cm³/mol. The summed E-state index contributed by atoms with van der Waals surface area (Å²) in [5.41, 5.74) is 4.17. The second-order valence-corrected chi connectivity index (χ2v) is 9.97. The van der Waals surface area contributed by atoms with Crippen molar-refractivity contribution in [2.45, 2.75) is 43.6 Å². The third-order valence-electron chi connectivity index (χ3n) is 6.21. The van der Waals surface area contributed by atoms with Gasteiger partial charge in [0.1, 0.15) is 0 Å². The molecule has 0 aliphatic carbocycles. The maximum atomic E-state index is 12.0. The number of amides is 2. The number of nitrogens with one attached hydrogen (secondary N) is 2. The van der Waals surface area contributed by atoms with Crippen LogP contribution in [0.15, 0.2) is 84.0 Å². The SMILES string of the molecule is CCNC(=O)Nc1cccc([C@H]2O[C@@H](CSc3nnnn3-c3ccccc3)C[C@@H](c3ccc(CO)cc3)O2)c1.